The second-order valence-corrected chi connectivity index (χ2v) is 8.95. The van der Waals surface area contributed by atoms with Crippen LogP contribution in [0.2, 0.25) is 0 Å². The van der Waals surface area contributed by atoms with Crippen molar-refractivity contribution >= 4 is 27.5 Å². The summed E-state index contributed by atoms with van der Waals surface area (Å²) in [5.41, 5.74) is 0.150. The van der Waals surface area contributed by atoms with Crippen molar-refractivity contribution in [3.8, 4) is 5.19 Å². The van der Waals surface area contributed by atoms with Crippen molar-refractivity contribution in [1.29, 1.82) is 0 Å². The van der Waals surface area contributed by atoms with Gasteiger partial charge in [0.15, 0.2) is 5.82 Å². The van der Waals surface area contributed by atoms with Crippen molar-refractivity contribution in [1.82, 2.24) is 9.88 Å². The number of thiazole rings is 1. The molecule has 1 amide bonds. The molecule has 0 atom stereocenters. The first-order valence-corrected chi connectivity index (χ1v) is 11.1. The number of fused-ring (bicyclic) bond motifs is 1. The highest BCUT2D eigenvalue weighted by Crippen LogP contribution is 2.32. The molecule has 0 spiro atoms. The number of aromatic nitrogens is 1. The van der Waals surface area contributed by atoms with E-state index in [1.54, 1.807) is 0 Å². The van der Waals surface area contributed by atoms with Crippen molar-refractivity contribution in [2.24, 2.45) is 5.92 Å². The Morgan fingerprint density at radius 1 is 1.14 bits per heavy atom. The molecule has 0 N–H and O–H groups in total. The van der Waals surface area contributed by atoms with E-state index in [1.165, 1.54) is 38.2 Å². The van der Waals surface area contributed by atoms with Crippen LogP contribution in [-0.2, 0) is 4.79 Å². The number of carbonyl (C=O) groups is 1. The summed E-state index contributed by atoms with van der Waals surface area (Å²) in [7, 11) is 0. The van der Waals surface area contributed by atoms with Gasteiger partial charge in [-0.3, -0.25) is 4.79 Å². The number of hydrogen-bond donors (Lipinski definition) is 0. The lowest BCUT2D eigenvalue weighted by molar-refractivity contribution is -0.133. The average Bonchev–Trinajstić information content (AvgIpc) is 3.10. The molecule has 1 aromatic heterocycles. The van der Waals surface area contributed by atoms with Gasteiger partial charge in [0, 0.05) is 38.4 Å². The first-order valence-electron chi connectivity index (χ1n) is 10.3. The summed E-state index contributed by atoms with van der Waals surface area (Å²) >= 11 is 1.16. The minimum Gasteiger partial charge on any atom is -0.467 e. The second-order valence-electron chi connectivity index (χ2n) is 7.95. The van der Waals surface area contributed by atoms with Crippen LogP contribution >= 0.6 is 11.3 Å². The zero-order chi connectivity index (χ0) is 19.5. The molecule has 2 aromatic rings. The van der Waals surface area contributed by atoms with Gasteiger partial charge in [0.1, 0.15) is 17.4 Å². The lowest BCUT2D eigenvalue weighted by atomic mass is 9.86. The number of hydrogen-bond acceptors (Lipinski definition) is 4. The maximum Gasteiger partial charge on any atom is 0.274 e. The fraction of sp³-hybridized carbons (Fsp3) is 0.619. The van der Waals surface area contributed by atoms with Gasteiger partial charge in [-0.15, -0.1) is 0 Å². The van der Waals surface area contributed by atoms with E-state index in [0.29, 0.717) is 29.4 Å². The Labute approximate surface area is 167 Å². The Balaban J connectivity index is 1.26. The van der Waals surface area contributed by atoms with E-state index < -0.39 is 11.6 Å². The van der Waals surface area contributed by atoms with Gasteiger partial charge >= 0.3 is 0 Å². The van der Waals surface area contributed by atoms with Crippen molar-refractivity contribution < 1.29 is 18.3 Å². The monoisotopic (exact) mass is 408 g/mol. The highest BCUT2D eigenvalue weighted by Gasteiger charge is 2.25. The molecule has 0 radical (unpaired) electrons. The molecule has 7 heteroatoms. The molecule has 1 saturated carbocycles. The van der Waals surface area contributed by atoms with E-state index in [4.69, 9.17) is 4.74 Å². The maximum atomic E-state index is 13.8. The summed E-state index contributed by atoms with van der Waals surface area (Å²) in [4.78, 5) is 18.6. The van der Waals surface area contributed by atoms with E-state index in [2.05, 4.69) is 4.98 Å². The quantitative estimate of drug-likeness (QED) is 0.674. The number of halogens is 2. The van der Waals surface area contributed by atoms with Crippen molar-refractivity contribution in [2.75, 3.05) is 13.1 Å². The van der Waals surface area contributed by atoms with Gasteiger partial charge in [-0.1, -0.05) is 43.4 Å². The van der Waals surface area contributed by atoms with E-state index in [-0.39, 0.29) is 17.5 Å². The first-order chi connectivity index (χ1) is 13.6. The molecular formula is C21H26F2N2O2S. The third-order valence-corrected chi connectivity index (χ3v) is 6.84. The number of ether oxygens (including phenoxy) is 1. The van der Waals surface area contributed by atoms with Crippen LogP contribution in [0.25, 0.3) is 10.2 Å². The Bertz CT molecular complexity index is 827. The van der Waals surface area contributed by atoms with Gasteiger partial charge in [-0.25, -0.2) is 8.78 Å². The smallest absolute Gasteiger partial charge is 0.274 e. The van der Waals surface area contributed by atoms with Gasteiger partial charge in [-0.2, -0.15) is 4.98 Å². The van der Waals surface area contributed by atoms with Crippen LogP contribution in [0.5, 0.6) is 5.19 Å². The summed E-state index contributed by atoms with van der Waals surface area (Å²) < 4.78 is 33.5. The van der Waals surface area contributed by atoms with Crippen LogP contribution < -0.4 is 4.74 Å². The molecule has 4 nitrogen and oxygen atoms in total. The molecule has 2 aliphatic rings. The summed E-state index contributed by atoms with van der Waals surface area (Å²) in [6.07, 6.45) is 9.61. The Kier molecular flexibility index (Phi) is 6.09. The minimum atomic E-state index is -0.667. The highest BCUT2D eigenvalue weighted by atomic mass is 32.1. The topological polar surface area (TPSA) is 42.4 Å². The molecular weight excluding hydrogens is 382 g/mol. The van der Waals surface area contributed by atoms with E-state index in [9.17, 15) is 13.6 Å². The molecule has 28 heavy (non-hydrogen) atoms. The molecule has 1 saturated heterocycles. The van der Waals surface area contributed by atoms with Crippen molar-refractivity contribution in [3.05, 3.63) is 23.8 Å². The molecule has 1 aromatic carbocycles. The van der Waals surface area contributed by atoms with Crippen LogP contribution in [-0.4, -0.2) is 35.0 Å². The number of amides is 1. The third kappa shape index (κ3) is 4.62. The maximum absolute atomic E-state index is 13.8. The molecule has 2 heterocycles. The van der Waals surface area contributed by atoms with Crippen LogP contribution in [0.1, 0.15) is 57.8 Å². The summed E-state index contributed by atoms with van der Waals surface area (Å²) in [5, 5.41) is 0.363. The van der Waals surface area contributed by atoms with E-state index in [0.717, 1.165) is 42.6 Å². The number of carbonyl (C=O) groups excluding carboxylic acids is 1. The van der Waals surface area contributed by atoms with Gasteiger partial charge in [0.25, 0.3) is 5.19 Å². The van der Waals surface area contributed by atoms with E-state index in [1.807, 2.05) is 4.90 Å². The highest BCUT2D eigenvalue weighted by molar-refractivity contribution is 7.20. The number of nitrogens with zero attached hydrogens (tertiary/aromatic N) is 2. The molecule has 2 fully saturated rings. The molecule has 0 unspecified atom stereocenters. The number of rotatable bonds is 5. The van der Waals surface area contributed by atoms with Gasteiger partial charge in [-0.05, 0) is 18.4 Å². The zero-order valence-electron chi connectivity index (χ0n) is 16.0. The van der Waals surface area contributed by atoms with Crippen molar-refractivity contribution in [3.63, 3.8) is 0 Å². The minimum absolute atomic E-state index is 0.0455. The number of likely N-dealkylation sites (tertiary alicyclic amines) is 1. The average molecular weight is 409 g/mol. The number of piperidine rings is 1. The van der Waals surface area contributed by atoms with Gasteiger partial charge < -0.3 is 9.64 Å². The third-order valence-electron chi connectivity index (χ3n) is 5.95. The fourth-order valence-corrected chi connectivity index (χ4v) is 5.23. The fourth-order valence-electron chi connectivity index (χ4n) is 4.31. The lowest BCUT2D eigenvalue weighted by Crippen LogP contribution is -2.41. The second kappa shape index (κ2) is 8.72. The summed E-state index contributed by atoms with van der Waals surface area (Å²) in [6, 6.07) is 2.11. The predicted molar refractivity (Wildman–Crippen MR) is 106 cm³/mol. The first kappa shape index (κ1) is 19.6. The predicted octanol–water partition coefficient (Wildman–Crippen LogP) is 5.30. The van der Waals surface area contributed by atoms with Crippen LogP contribution in [0.4, 0.5) is 8.78 Å². The number of benzene rings is 1. The molecule has 4 rings (SSSR count). The van der Waals surface area contributed by atoms with E-state index >= 15 is 0 Å². The van der Waals surface area contributed by atoms with Gasteiger partial charge in [0.05, 0.1) is 4.70 Å². The Hall–Kier alpha value is -1.76. The largest absolute Gasteiger partial charge is 0.467 e. The van der Waals surface area contributed by atoms with Crippen LogP contribution in [0, 0.1) is 17.6 Å². The molecule has 1 aliphatic heterocycles. The summed E-state index contributed by atoms with van der Waals surface area (Å²) in [6.45, 7) is 1.37. The van der Waals surface area contributed by atoms with Gasteiger partial charge in [0.2, 0.25) is 5.91 Å². The lowest BCUT2D eigenvalue weighted by Gasteiger charge is -2.32. The van der Waals surface area contributed by atoms with Crippen LogP contribution in [0.15, 0.2) is 12.1 Å². The molecule has 0 bridgehead atoms. The standard InChI is InChI=1S/C21H26F2N2O2S/c22-15-12-17(23)20-18(13-15)28-21(24-20)27-16-8-10-25(11-9-16)19(26)7-6-14-4-2-1-3-5-14/h12-14,16H,1-11H2. The Morgan fingerprint density at radius 2 is 1.89 bits per heavy atom. The SMILES string of the molecule is O=C(CCC1CCCCC1)N1CCC(Oc2nc3c(F)cc(F)cc3s2)CC1. The Morgan fingerprint density at radius 3 is 2.64 bits per heavy atom. The van der Waals surface area contributed by atoms with Crippen molar-refractivity contribution in [2.45, 2.75) is 63.9 Å². The molecule has 152 valence electrons. The molecule has 1 aliphatic carbocycles. The zero-order valence-corrected chi connectivity index (χ0v) is 16.8. The normalized spacial score (nSPS) is 19.3. The van der Waals surface area contributed by atoms with Crippen LogP contribution in [0.3, 0.4) is 0 Å². The summed E-state index contributed by atoms with van der Waals surface area (Å²) in [5.74, 6) is -0.302.